The summed E-state index contributed by atoms with van der Waals surface area (Å²) in [5, 5.41) is 1.31. The van der Waals surface area contributed by atoms with E-state index in [0.29, 0.717) is 0 Å². The second-order valence-electron chi connectivity index (χ2n) is 4.57. The van der Waals surface area contributed by atoms with Gasteiger partial charge >= 0.3 is 0 Å². The highest BCUT2D eigenvalue weighted by atomic mass is 15.1. The number of hydrogen-bond acceptors (Lipinski definition) is 0. The molecule has 0 aliphatic heterocycles. The zero-order valence-corrected chi connectivity index (χ0v) is 9.88. The van der Waals surface area contributed by atoms with Gasteiger partial charge in [0.15, 0.2) is 0 Å². The Labute approximate surface area is 91.3 Å². The summed E-state index contributed by atoms with van der Waals surface area (Å²) in [5.41, 5.74) is 1.51. The molecule has 0 bridgehead atoms. The lowest BCUT2D eigenvalue weighted by molar-refractivity contribution is 0.287. The molecule has 2 heterocycles. The summed E-state index contributed by atoms with van der Waals surface area (Å²) in [7, 11) is 0. The largest absolute Gasteiger partial charge is 0.348 e. The van der Waals surface area contributed by atoms with Gasteiger partial charge < -0.3 is 9.55 Å². The lowest BCUT2D eigenvalue weighted by Crippen LogP contribution is -2.28. The SMILES string of the molecule is CCCC(C)(CC)n1ccc2cc[nH]c21. The van der Waals surface area contributed by atoms with Crippen molar-refractivity contribution in [1.29, 1.82) is 0 Å². The van der Waals surface area contributed by atoms with Crippen molar-refractivity contribution in [2.75, 3.05) is 0 Å². The third-order valence-corrected chi connectivity index (χ3v) is 3.53. The molecule has 0 fully saturated rings. The molecule has 1 unspecified atom stereocenters. The van der Waals surface area contributed by atoms with Crippen LogP contribution in [0.15, 0.2) is 24.5 Å². The van der Waals surface area contributed by atoms with Gasteiger partial charge in [-0.3, -0.25) is 0 Å². The number of fused-ring (bicyclic) bond motifs is 1. The standard InChI is InChI=1S/C13H20N2/c1-4-8-13(3,5-2)15-10-7-11-6-9-14-12(11)15/h6-7,9-10,14H,4-5,8H2,1-3H3. The molecule has 0 radical (unpaired) electrons. The molecule has 1 atom stereocenters. The first-order chi connectivity index (χ1) is 7.21. The van der Waals surface area contributed by atoms with Gasteiger partial charge in [-0.25, -0.2) is 0 Å². The van der Waals surface area contributed by atoms with Crippen molar-refractivity contribution in [2.45, 2.75) is 45.6 Å². The topological polar surface area (TPSA) is 20.7 Å². The van der Waals surface area contributed by atoms with Crippen LogP contribution in [0.5, 0.6) is 0 Å². The van der Waals surface area contributed by atoms with Crippen molar-refractivity contribution >= 4 is 11.0 Å². The van der Waals surface area contributed by atoms with E-state index in [1.807, 2.05) is 6.20 Å². The van der Waals surface area contributed by atoms with E-state index >= 15 is 0 Å². The van der Waals surface area contributed by atoms with Crippen LogP contribution < -0.4 is 0 Å². The van der Waals surface area contributed by atoms with Crippen LogP contribution in [0.2, 0.25) is 0 Å². The Balaban J connectivity index is 2.48. The van der Waals surface area contributed by atoms with Gasteiger partial charge in [-0.15, -0.1) is 0 Å². The van der Waals surface area contributed by atoms with E-state index < -0.39 is 0 Å². The molecule has 2 aromatic rings. The molecule has 82 valence electrons. The maximum absolute atomic E-state index is 3.33. The Hall–Kier alpha value is -1.18. The molecule has 0 amide bonds. The van der Waals surface area contributed by atoms with Crippen LogP contribution in [0.3, 0.4) is 0 Å². The van der Waals surface area contributed by atoms with Crippen LogP contribution in [0.25, 0.3) is 11.0 Å². The number of aromatic nitrogens is 2. The van der Waals surface area contributed by atoms with Crippen LogP contribution in [0.1, 0.15) is 40.0 Å². The third kappa shape index (κ3) is 1.58. The van der Waals surface area contributed by atoms with Crippen LogP contribution in [-0.4, -0.2) is 9.55 Å². The monoisotopic (exact) mass is 204 g/mol. The van der Waals surface area contributed by atoms with Gasteiger partial charge in [-0.2, -0.15) is 0 Å². The number of H-pyrrole nitrogens is 1. The second-order valence-corrected chi connectivity index (χ2v) is 4.57. The summed E-state index contributed by atoms with van der Waals surface area (Å²) >= 11 is 0. The molecule has 2 heteroatoms. The Morgan fingerprint density at radius 3 is 2.80 bits per heavy atom. The van der Waals surface area contributed by atoms with Crippen LogP contribution in [0.4, 0.5) is 0 Å². The summed E-state index contributed by atoms with van der Waals surface area (Å²) in [6.45, 7) is 6.87. The fourth-order valence-electron chi connectivity index (χ4n) is 2.40. The van der Waals surface area contributed by atoms with E-state index in [1.54, 1.807) is 0 Å². The van der Waals surface area contributed by atoms with E-state index in [-0.39, 0.29) is 5.54 Å². The van der Waals surface area contributed by atoms with Crippen molar-refractivity contribution in [3.8, 4) is 0 Å². The second kappa shape index (κ2) is 3.76. The average molecular weight is 204 g/mol. The Morgan fingerprint density at radius 1 is 1.33 bits per heavy atom. The molecule has 0 aliphatic carbocycles. The zero-order chi connectivity index (χ0) is 10.9. The van der Waals surface area contributed by atoms with Crippen LogP contribution >= 0.6 is 0 Å². The van der Waals surface area contributed by atoms with E-state index in [4.69, 9.17) is 0 Å². The molecule has 0 aliphatic rings. The molecule has 0 spiro atoms. The minimum Gasteiger partial charge on any atom is -0.348 e. The lowest BCUT2D eigenvalue weighted by Gasteiger charge is -2.30. The van der Waals surface area contributed by atoms with Gasteiger partial charge in [-0.05, 0) is 31.9 Å². The molecule has 2 rings (SSSR count). The van der Waals surface area contributed by atoms with Crippen molar-refractivity contribution in [2.24, 2.45) is 0 Å². The Bertz CT molecular complexity index is 438. The Kier molecular flexibility index (Phi) is 2.59. The number of rotatable bonds is 4. The molecule has 1 N–H and O–H groups in total. The van der Waals surface area contributed by atoms with Crippen molar-refractivity contribution in [1.82, 2.24) is 9.55 Å². The number of aromatic amines is 1. The van der Waals surface area contributed by atoms with Gasteiger partial charge in [0.25, 0.3) is 0 Å². The lowest BCUT2D eigenvalue weighted by atomic mass is 9.93. The highest BCUT2D eigenvalue weighted by molar-refractivity contribution is 5.77. The summed E-state index contributed by atoms with van der Waals surface area (Å²) in [6, 6.07) is 4.32. The highest BCUT2D eigenvalue weighted by Crippen LogP contribution is 2.30. The summed E-state index contributed by atoms with van der Waals surface area (Å²) < 4.78 is 2.39. The number of nitrogens with zero attached hydrogens (tertiary/aromatic N) is 1. The van der Waals surface area contributed by atoms with Gasteiger partial charge in [0.1, 0.15) is 5.65 Å². The fraction of sp³-hybridized carbons (Fsp3) is 0.538. The minimum atomic E-state index is 0.251. The molecule has 0 saturated carbocycles. The zero-order valence-electron chi connectivity index (χ0n) is 9.88. The summed E-state index contributed by atoms with van der Waals surface area (Å²) in [6.07, 6.45) is 7.85. The highest BCUT2D eigenvalue weighted by Gasteiger charge is 2.24. The molecule has 2 aromatic heterocycles. The first kappa shape index (κ1) is 10.3. The van der Waals surface area contributed by atoms with Crippen molar-refractivity contribution in [3.05, 3.63) is 24.5 Å². The molecular weight excluding hydrogens is 184 g/mol. The third-order valence-electron chi connectivity index (χ3n) is 3.53. The predicted molar refractivity (Wildman–Crippen MR) is 65.1 cm³/mol. The average Bonchev–Trinajstić information content (AvgIpc) is 2.78. The molecule has 0 saturated heterocycles. The van der Waals surface area contributed by atoms with E-state index in [2.05, 4.69) is 48.7 Å². The smallest absolute Gasteiger partial charge is 0.117 e. The first-order valence-electron chi connectivity index (χ1n) is 5.86. The number of hydrogen-bond donors (Lipinski definition) is 1. The fourth-order valence-corrected chi connectivity index (χ4v) is 2.40. The van der Waals surface area contributed by atoms with Gasteiger partial charge in [-0.1, -0.05) is 20.3 Å². The molecule has 2 nitrogen and oxygen atoms in total. The maximum atomic E-state index is 3.33. The quantitative estimate of drug-likeness (QED) is 0.780. The number of nitrogens with one attached hydrogen (secondary N) is 1. The normalized spacial score (nSPS) is 15.7. The summed E-state index contributed by atoms with van der Waals surface area (Å²) in [4.78, 5) is 3.33. The van der Waals surface area contributed by atoms with Gasteiger partial charge in [0, 0.05) is 23.3 Å². The molecule has 15 heavy (non-hydrogen) atoms. The molecule has 0 aromatic carbocycles. The van der Waals surface area contributed by atoms with E-state index in [1.165, 1.54) is 30.3 Å². The van der Waals surface area contributed by atoms with Crippen molar-refractivity contribution in [3.63, 3.8) is 0 Å². The van der Waals surface area contributed by atoms with Gasteiger partial charge in [0.2, 0.25) is 0 Å². The van der Waals surface area contributed by atoms with Crippen LogP contribution in [-0.2, 0) is 5.54 Å². The van der Waals surface area contributed by atoms with Crippen molar-refractivity contribution < 1.29 is 0 Å². The van der Waals surface area contributed by atoms with Gasteiger partial charge in [0.05, 0.1) is 0 Å². The maximum Gasteiger partial charge on any atom is 0.117 e. The van der Waals surface area contributed by atoms with Crippen LogP contribution in [0, 0.1) is 0 Å². The summed E-state index contributed by atoms with van der Waals surface area (Å²) in [5.74, 6) is 0. The minimum absolute atomic E-state index is 0.251. The molecular formula is C13H20N2. The Morgan fingerprint density at radius 2 is 2.13 bits per heavy atom. The van der Waals surface area contributed by atoms with E-state index in [0.717, 1.165) is 0 Å². The first-order valence-corrected chi connectivity index (χ1v) is 5.86. The van der Waals surface area contributed by atoms with E-state index in [9.17, 15) is 0 Å². The predicted octanol–water partition coefficient (Wildman–Crippen LogP) is 3.89.